The largest absolute Gasteiger partial charge is 0.456 e. The number of hydrogen-bond donors (Lipinski definition) is 3. The van der Waals surface area contributed by atoms with Gasteiger partial charge in [0.05, 0.1) is 11.2 Å². The van der Waals surface area contributed by atoms with E-state index in [4.69, 9.17) is 19.8 Å². The number of furan rings is 1. The third-order valence-electron chi connectivity index (χ3n) is 10.5. The lowest BCUT2D eigenvalue weighted by Gasteiger charge is -2.19. The SMILES string of the molecule is c1ccc2[nH]c(-n3nnc4c(-c5n[nH]c6ccccc56)c(-c5cc6ccccc6s5)c(-c5cc6ccccc6o5)c(-c5[nH]cc6ccccc56)c43)cc2c1. The van der Waals surface area contributed by atoms with Crippen molar-refractivity contribution in [2.75, 3.05) is 0 Å². The zero-order valence-corrected chi connectivity index (χ0v) is 29.3. The first-order chi connectivity index (χ1) is 26.8. The van der Waals surface area contributed by atoms with Gasteiger partial charge in [-0.05, 0) is 53.2 Å². The molecule has 0 aliphatic heterocycles. The first-order valence-electron chi connectivity index (χ1n) is 17.8. The predicted molar refractivity (Wildman–Crippen MR) is 219 cm³/mol. The molecule has 6 heterocycles. The Hall–Kier alpha value is -7.23. The molecule has 0 fully saturated rings. The molecular formula is C45H27N7OS. The molecule has 9 heteroatoms. The van der Waals surface area contributed by atoms with Crippen LogP contribution in [0.15, 0.2) is 150 Å². The highest BCUT2D eigenvalue weighted by atomic mass is 32.1. The van der Waals surface area contributed by atoms with Gasteiger partial charge in [0.15, 0.2) is 0 Å². The van der Waals surface area contributed by atoms with Crippen LogP contribution in [0.5, 0.6) is 0 Å². The van der Waals surface area contributed by atoms with Crippen LogP contribution >= 0.6 is 11.3 Å². The Morgan fingerprint density at radius 3 is 2.20 bits per heavy atom. The number of nitrogens with zero attached hydrogens (tertiary/aromatic N) is 4. The van der Waals surface area contributed by atoms with Crippen molar-refractivity contribution < 1.29 is 4.42 Å². The number of rotatable bonds is 5. The Morgan fingerprint density at radius 2 is 1.35 bits per heavy atom. The highest BCUT2D eigenvalue weighted by Crippen LogP contribution is 2.54. The number of hydrogen-bond acceptors (Lipinski definition) is 5. The molecule has 12 aromatic rings. The summed E-state index contributed by atoms with van der Waals surface area (Å²) in [6.07, 6.45) is 2.07. The molecule has 0 aliphatic carbocycles. The van der Waals surface area contributed by atoms with Crippen molar-refractivity contribution in [1.82, 2.24) is 35.2 Å². The van der Waals surface area contributed by atoms with E-state index >= 15 is 0 Å². The Morgan fingerprint density at radius 1 is 0.611 bits per heavy atom. The first kappa shape index (κ1) is 29.4. The second kappa shape index (κ2) is 11.1. The molecule has 0 amide bonds. The summed E-state index contributed by atoms with van der Waals surface area (Å²) >= 11 is 1.76. The van der Waals surface area contributed by atoms with Gasteiger partial charge in [0, 0.05) is 65.1 Å². The summed E-state index contributed by atoms with van der Waals surface area (Å²) in [5.74, 6) is 1.54. The van der Waals surface area contributed by atoms with Crippen LogP contribution in [0.1, 0.15) is 0 Å². The number of aromatic nitrogens is 7. The van der Waals surface area contributed by atoms with Crippen LogP contribution < -0.4 is 0 Å². The van der Waals surface area contributed by atoms with Crippen LogP contribution in [0.3, 0.4) is 0 Å². The lowest BCUT2D eigenvalue weighted by atomic mass is 9.87. The molecule has 0 spiro atoms. The zero-order valence-electron chi connectivity index (χ0n) is 28.5. The molecule has 0 aliphatic rings. The molecule has 6 aromatic carbocycles. The van der Waals surface area contributed by atoms with Crippen molar-refractivity contribution in [3.63, 3.8) is 0 Å². The van der Waals surface area contributed by atoms with Crippen molar-refractivity contribution in [2.24, 2.45) is 0 Å². The quantitative estimate of drug-likeness (QED) is 0.165. The van der Waals surface area contributed by atoms with Gasteiger partial charge < -0.3 is 14.4 Å². The minimum absolute atomic E-state index is 0.729. The molecule has 0 radical (unpaired) electrons. The lowest BCUT2D eigenvalue weighted by molar-refractivity contribution is 0.632. The summed E-state index contributed by atoms with van der Waals surface area (Å²) in [7, 11) is 0. The number of nitrogens with one attached hydrogen (secondary N) is 3. The van der Waals surface area contributed by atoms with E-state index in [1.54, 1.807) is 11.3 Å². The third-order valence-corrected chi connectivity index (χ3v) is 11.7. The molecule has 8 nitrogen and oxygen atoms in total. The normalized spacial score (nSPS) is 12.1. The van der Waals surface area contributed by atoms with Crippen LogP contribution in [-0.4, -0.2) is 35.2 Å². The van der Waals surface area contributed by atoms with Gasteiger partial charge in [-0.1, -0.05) is 102 Å². The highest BCUT2D eigenvalue weighted by molar-refractivity contribution is 7.22. The standard InChI is InChI=1S/C45H27N7OS/c1-5-15-29-28(14-1)24-46-42(29)41-38(34-21-26-12-3-9-19-33(26)53-34)39(36-22-27-13-4-10-20-35(27)54-36)40(43-30-16-6-8-18-32(30)48-49-43)44-45(41)52(51-50-44)37-23-25-11-2-7-17-31(25)47-37/h1-24,46-47H,(H,48,49). The number of benzene rings is 6. The van der Waals surface area contributed by atoms with Crippen molar-refractivity contribution in [2.45, 2.75) is 0 Å². The maximum Gasteiger partial charge on any atom is 0.136 e. The molecule has 6 aromatic heterocycles. The Labute approximate surface area is 310 Å². The summed E-state index contributed by atoms with van der Waals surface area (Å²) in [5, 5.41) is 24.9. The van der Waals surface area contributed by atoms with Crippen LogP contribution in [0, 0.1) is 0 Å². The summed E-state index contributed by atoms with van der Waals surface area (Å²) in [5.41, 5.74) is 9.80. The van der Waals surface area contributed by atoms with Gasteiger partial charge in [0.25, 0.3) is 0 Å². The molecule has 12 rings (SSSR count). The molecule has 0 unspecified atom stereocenters. The molecule has 0 atom stereocenters. The van der Waals surface area contributed by atoms with E-state index in [0.29, 0.717) is 0 Å². The Balaban J connectivity index is 1.35. The fraction of sp³-hybridized carbons (Fsp3) is 0. The van der Waals surface area contributed by atoms with Crippen LogP contribution in [0.25, 0.3) is 115 Å². The second-order valence-electron chi connectivity index (χ2n) is 13.6. The monoisotopic (exact) mass is 713 g/mol. The fourth-order valence-electron chi connectivity index (χ4n) is 8.12. The van der Waals surface area contributed by atoms with E-state index in [1.807, 2.05) is 41.1 Å². The lowest BCUT2D eigenvalue weighted by Crippen LogP contribution is -2.01. The highest BCUT2D eigenvalue weighted by Gasteiger charge is 2.33. The smallest absolute Gasteiger partial charge is 0.136 e. The van der Waals surface area contributed by atoms with Gasteiger partial charge in [-0.2, -0.15) is 9.78 Å². The van der Waals surface area contributed by atoms with Crippen molar-refractivity contribution >= 4 is 76.0 Å². The number of para-hydroxylation sites is 3. The average molecular weight is 714 g/mol. The molecule has 0 bridgehead atoms. The fourth-order valence-corrected chi connectivity index (χ4v) is 9.24. The van der Waals surface area contributed by atoms with E-state index < -0.39 is 0 Å². The van der Waals surface area contributed by atoms with Crippen molar-refractivity contribution in [1.29, 1.82) is 0 Å². The van der Waals surface area contributed by atoms with Gasteiger partial charge in [0.2, 0.25) is 0 Å². The topological polar surface area (TPSA) is 104 Å². The van der Waals surface area contributed by atoms with Crippen LogP contribution in [-0.2, 0) is 0 Å². The van der Waals surface area contributed by atoms with E-state index in [1.165, 1.54) is 10.1 Å². The summed E-state index contributed by atoms with van der Waals surface area (Å²) in [4.78, 5) is 8.42. The van der Waals surface area contributed by atoms with Crippen molar-refractivity contribution in [3.8, 4) is 50.1 Å². The zero-order chi connectivity index (χ0) is 35.3. The molecule has 254 valence electrons. The number of aromatic amines is 3. The van der Waals surface area contributed by atoms with Gasteiger partial charge in [0.1, 0.15) is 33.9 Å². The first-order valence-corrected chi connectivity index (χ1v) is 18.6. The molecule has 54 heavy (non-hydrogen) atoms. The van der Waals surface area contributed by atoms with Crippen LogP contribution in [0.2, 0.25) is 0 Å². The number of thiophene rings is 1. The minimum Gasteiger partial charge on any atom is -0.456 e. The second-order valence-corrected chi connectivity index (χ2v) is 14.7. The predicted octanol–water partition coefficient (Wildman–Crippen LogP) is 11.9. The molecule has 0 saturated heterocycles. The van der Waals surface area contributed by atoms with E-state index in [-0.39, 0.29) is 0 Å². The van der Waals surface area contributed by atoms with Crippen LogP contribution in [0.4, 0.5) is 0 Å². The maximum atomic E-state index is 6.92. The summed E-state index contributed by atoms with van der Waals surface area (Å²) in [6, 6.07) is 48.3. The van der Waals surface area contributed by atoms with Gasteiger partial charge in [-0.15, -0.1) is 16.4 Å². The molecular weight excluding hydrogens is 687 g/mol. The van der Waals surface area contributed by atoms with Gasteiger partial charge >= 0.3 is 0 Å². The van der Waals surface area contributed by atoms with E-state index in [2.05, 4.69) is 124 Å². The van der Waals surface area contributed by atoms with Gasteiger partial charge in [-0.3, -0.25) is 5.10 Å². The number of H-pyrrole nitrogens is 3. The van der Waals surface area contributed by atoms with E-state index in [9.17, 15) is 0 Å². The summed E-state index contributed by atoms with van der Waals surface area (Å²) < 4.78 is 10.1. The molecule has 0 saturated carbocycles. The summed E-state index contributed by atoms with van der Waals surface area (Å²) in [6.45, 7) is 0. The molecule has 3 N–H and O–H groups in total. The maximum absolute atomic E-state index is 6.92. The number of fused-ring (bicyclic) bond motifs is 6. The Kier molecular flexibility index (Phi) is 6.05. The third kappa shape index (κ3) is 4.21. The average Bonchev–Trinajstić information content (AvgIpc) is 4.07. The van der Waals surface area contributed by atoms with E-state index in [0.717, 1.165) is 105 Å². The van der Waals surface area contributed by atoms with Gasteiger partial charge in [-0.25, -0.2) is 0 Å². The minimum atomic E-state index is 0.729. The van der Waals surface area contributed by atoms with Crippen molar-refractivity contribution in [3.05, 3.63) is 146 Å². The Bertz CT molecular complexity index is 3330.